The number of ether oxygens (including phenoxy) is 8. The third kappa shape index (κ3) is 8.25. The summed E-state index contributed by atoms with van der Waals surface area (Å²) in [4.78, 5) is 12.7. The Hall–Kier alpha value is -5.57. The average Bonchev–Trinajstić information content (AvgIpc) is 3.06. The second-order valence-electron chi connectivity index (χ2n) is 9.23. The first-order chi connectivity index (χ1) is 21.4. The zero-order valence-electron chi connectivity index (χ0n) is 25.4. The molecule has 4 aromatic carbocycles. The molecule has 44 heavy (non-hydrogen) atoms. The third-order valence-corrected chi connectivity index (χ3v) is 6.45. The molecule has 228 valence electrons. The molecule has 0 atom stereocenters. The Bertz CT molecular complexity index is 1490. The van der Waals surface area contributed by atoms with Crippen LogP contribution in [-0.2, 0) is 0 Å². The van der Waals surface area contributed by atoms with Gasteiger partial charge in [-0.1, -0.05) is 36.4 Å². The van der Waals surface area contributed by atoms with Crippen molar-refractivity contribution in [2.75, 3.05) is 42.7 Å². The summed E-state index contributed by atoms with van der Waals surface area (Å²) in [5.41, 5.74) is 3.42. The maximum atomic E-state index is 12.7. The molecule has 0 spiro atoms. The van der Waals surface area contributed by atoms with Gasteiger partial charge in [0, 0.05) is 12.1 Å². The summed E-state index contributed by atoms with van der Waals surface area (Å²) in [6, 6.07) is 21.5. The lowest BCUT2D eigenvalue weighted by Crippen LogP contribution is -2.14. The molecule has 0 aliphatic rings. The normalized spacial score (nSPS) is 10.9. The van der Waals surface area contributed by atoms with Gasteiger partial charge < -0.3 is 37.9 Å². The minimum Gasteiger partial charge on any atom is -0.497 e. The molecular weight excluding hydrogens is 564 g/mol. The molecule has 0 aromatic heterocycles. The second-order valence-corrected chi connectivity index (χ2v) is 9.23. The van der Waals surface area contributed by atoms with Crippen LogP contribution in [-0.4, -0.2) is 48.8 Å². The Balaban J connectivity index is 1.44. The van der Waals surface area contributed by atoms with Crippen LogP contribution in [0.5, 0.6) is 46.0 Å². The van der Waals surface area contributed by atoms with Gasteiger partial charge in [-0.05, 0) is 70.8 Å². The fourth-order valence-corrected chi connectivity index (χ4v) is 4.18. The fourth-order valence-electron chi connectivity index (χ4n) is 4.18. The summed E-state index contributed by atoms with van der Waals surface area (Å²) in [6.07, 6.45) is 6.66. The highest BCUT2D eigenvalue weighted by atomic mass is 16.7. The van der Waals surface area contributed by atoms with Crippen LogP contribution in [0.4, 0.5) is 4.79 Å². The molecule has 0 heterocycles. The Morgan fingerprint density at radius 1 is 0.409 bits per heavy atom. The van der Waals surface area contributed by atoms with Crippen molar-refractivity contribution in [1.82, 2.24) is 0 Å². The van der Waals surface area contributed by atoms with Gasteiger partial charge in [0.1, 0.15) is 23.0 Å². The Labute approximate surface area is 256 Å². The molecule has 0 fully saturated rings. The summed E-state index contributed by atoms with van der Waals surface area (Å²) in [7, 11) is 9.38. The van der Waals surface area contributed by atoms with E-state index >= 15 is 0 Å². The van der Waals surface area contributed by atoms with E-state index < -0.39 is 6.16 Å². The van der Waals surface area contributed by atoms with Crippen LogP contribution in [0.2, 0.25) is 0 Å². The molecule has 0 aliphatic heterocycles. The van der Waals surface area contributed by atoms with Crippen molar-refractivity contribution < 1.29 is 42.7 Å². The number of benzene rings is 4. The highest BCUT2D eigenvalue weighted by molar-refractivity contribution is 5.75. The first kappa shape index (κ1) is 31.4. The van der Waals surface area contributed by atoms with Crippen molar-refractivity contribution in [3.63, 3.8) is 0 Å². The van der Waals surface area contributed by atoms with E-state index in [1.165, 1.54) is 14.2 Å². The molecule has 0 saturated carbocycles. The van der Waals surface area contributed by atoms with E-state index in [2.05, 4.69) is 0 Å². The molecule has 0 amide bonds. The largest absolute Gasteiger partial charge is 0.519 e. The monoisotopic (exact) mass is 598 g/mol. The average molecular weight is 599 g/mol. The lowest BCUT2D eigenvalue weighted by atomic mass is 10.1. The highest BCUT2D eigenvalue weighted by Crippen LogP contribution is 2.33. The van der Waals surface area contributed by atoms with Crippen LogP contribution in [0.15, 0.2) is 72.8 Å². The maximum absolute atomic E-state index is 12.7. The molecule has 0 N–H and O–H groups in total. The molecule has 0 bridgehead atoms. The first-order valence-electron chi connectivity index (χ1n) is 13.5. The summed E-state index contributed by atoms with van der Waals surface area (Å²) in [5, 5.41) is 0. The predicted octanol–water partition coefficient (Wildman–Crippen LogP) is 7.66. The number of carbonyl (C=O) groups is 1. The summed E-state index contributed by atoms with van der Waals surface area (Å²) < 4.78 is 43.2. The molecule has 4 aromatic rings. The van der Waals surface area contributed by atoms with Crippen LogP contribution in [0.1, 0.15) is 22.3 Å². The smallest absolute Gasteiger partial charge is 0.497 e. The van der Waals surface area contributed by atoms with E-state index in [1.807, 2.05) is 48.6 Å². The van der Waals surface area contributed by atoms with Crippen LogP contribution in [0.25, 0.3) is 24.3 Å². The van der Waals surface area contributed by atoms with Crippen molar-refractivity contribution in [2.24, 2.45) is 0 Å². The molecule has 0 aliphatic carbocycles. The number of carbonyl (C=O) groups excluding carboxylic acids is 1. The van der Waals surface area contributed by atoms with Gasteiger partial charge in [-0.3, -0.25) is 0 Å². The molecule has 9 heteroatoms. The highest BCUT2D eigenvalue weighted by Gasteiger charge is 2.16. The van der Waals surface area contributed by atoms with Gasteiger partial charge in [0.25, 0.3) is 0 Å². The summed E-state index contributed by atoms with van der Waals surface area (Å²) in [5.74, 6) is 3.83. The minimum atomic E-state index is -0.944. The van der Waals surface area contributed by atoms with Gasteiger partial charge in [-0.15, -0.1) is 0 Å². The Morgan fingerprint density at radius 2 is 0.750 bits per heavy atom. The third-order valence-electron chi connectivity index (χ3n) is 6.45. The van der Waals surface area contributed by atoms with Crippen molar-refractivity contribution in [2.45, 2.75) is 0 Å². The standard InChI is InChI=1S/C35H34O9/c1-37-27-15-25(16-28(21-27)38-2)9-7-23-11-13-31(33(19-23)41-5)43-35(36)44-32-14-12-24(20-34(32)42-6)8-10-26-17-29(39-3)22-30(18-26)40-4/h7-22H,1-6H3. The van der Waals surface area contributed by atoms with Gasteiger partial charge in [-0.2, -0.15) is 0 Å². The van der Waals surface area contributed by atoms with Crippen LogP contribution in [0, 0.1) is 0 Å². The number of methoxy groups -OCH3 is 6. The van der Waals surface area contributed by atoms with E-state index in [9.17, 15) is 4.79 Å². The number of rotatable bonds is 12. The Kier molecular flexibility index (Phi) is 10.7. The lowest BCUT2D eigenvalue weighted by Gasteiger charge is -2.12. The van der Waals surface area contributed by atoms with Crippen molar-refractivity contribution >= 4 is 30.5 Å². The fraction of sp³-hybridized carbons (Fsp3) is 0.171. The molecule has 0 unspecified atom stereocenters. The van der Waals surface area contributed by atoms with Gasteiger partial charge >= 0.3 is 6.16 Å². The lowest BCUT2D eigenvalue weighted by molar-refractivity contribution is 0.148. The van der Waals surface area contributed by atoms with Gasteiger partial charge in [-0.25, -0.2) is 4.79 Å². The zero-order chi connectivity index (χ0) is 31.5. The molecule has 0 saturated heterocycles. The van der Waals surface area contributed by atoms with Gasteiger partial charge in [0.05, 0.1) is 42.7 Å². The minimum absolute atomic E-state index is 0.199. The second kappa shape index (κ2) is 15.1. The van der Waals surface area contributed by atoms with E-state index in [4.69, 9.17) is 37.9 Å². The maximum Gasteiger partial charge on any atom is 0.519 e. The molecular formula is C35H34O9. The molecule has 0 radical (unpaired) electrons. The summed E-state index contributed by atoms with van der Waals surface area (Å²) in [6.45, 7) is 0. The van der Waals surface area contributed by atoms with Crippen LogP contribution in [0.3, 0.4) is 0 Å². The van der Waals surface area contributed by atoms with Gasteiger partial charge in [0.15, 0.2) is 23.0 Å². The molecule has 4 rings (SSSR count). The van der Waals surface area contributed by atoms with E-state index in [1.54, 1.807) is 77.0 Å². The van der Waals surface area contributed by atoms with E-state index in [-0.39, 0.29) is 11.5 Å². The van der Waals surface area contributed by atoms with Crippen molar-refractivity contribution in [3.8, 4) is 46.0 Å². The number of hydrogen-bond donors (Lipinski definition) is 0. The quantitative estimate of drug-likeness (QED) is 0.0926. The SMILES string of the molecule is COc1cc(C=Cc2ccc(OC(=O)Oc3ccc(C=Cc4cc(OC)cc(OC)c4)cc3OC)c(OC)c2)cc(OC)c1. The predicted molar refractivity (Wildman–Crippen MR) is 170 cm³/mol. The van der Waals surface area contributed by atoms with Crippen LogP contribution < -0.4 is 37.9 Å². The first-order valence-corrected chi connectivity index (χ1v) is 13.5. The van der Waals surface area contributed by atoms with Crippen LogP contribution >= 0.6 is 0 Å². The topological polar surface area (TPSA) is 90.9 Å². The molecule has 9 nitrogen and oxygen atoms in total. The van der Waals surface area contributed by atoms with Gasteiger partial charge in [0.2, 0.25) is 0 Å². The van der Waals surface area contributed by atoms with E-state index in [0.717, 1.165) is 22.3 Å². The van der Waals surface area contributed by atoms with Crippen molar-refractivity contribution in [1.29, 1.82) is 0 Å². The van der Waals surface area contributed by atoms with E-state index in [0.29, 0.717) is 34.5 Å². The van der Waals surface area contributed by atoms with Crippen molar-refractivity contribution in [3.05, 3.63) is 95.1 Å². The zero-order valence-corrected chi connectivity index (χ0v) is 25.4. The Morgan fingerprint density at radius 3 is 1.07 bits per heavy atom. The summed E-state index contributed by atoms with van der Waals surface area (Å²) >= 11 is 0. The number of hydrogen-bond acceptors (Lipinski definition) is 9.